The van der Waals surface area contributed by atoms with Gasteiger partial charge in [-0.1, -0.05) is 30.3 Å². The van der Waals surface area contributed by atoms with Gasteiger partial charge in [-0.15, -0.1) is 0 Å². The highest BCUT2D eigenvalue weighted by atomic mass is 32.2. The van der Waals surface area contributed by atoms with Crippen LogP contribution >= 0.6 is 0 Å². The molecule has 152 valence electrons. The number of rotatable bonds is 8. The maximum atomic E-state index is 11.5. The molecule has 0 bridgehead atoms. The van der Waals surface area contributed by atoms with Crippen molar-refractivity contribution < 1.29 is 13.2 Å². The highest BCUT2D eigenvalue weighted by Crippen LogP contribution is 2.17. The number of para-hydroxylation sites is 1. The normalized spacial score (nSPS) is 13.1. The Kier molecular flexibility index (Phi) is 7.87. The number of aryl methyl sites for hydroxylation is 1. The number of ether oxygens (including phenoxy) is 1. The van der Waals surface area contributed by atoms with Crippen LogP contribution in [0.15, 0.2) is 58.4 Å². The molecule has 28 heavy (non-hydrogen) atoms. The van der Waals surface area contributed by atoms with Crippen molar-refractivity contribution in [1.29, 1.82) is 0 Å². The molecule has 2 aromatic carbocycles. The Morgan fingerprint density at radius 2 is 1.79 bits per heavy atom. The lowest BCUT2D eigenvalue weighted by Gasteiger charge is -2.18. The minimum atomic E-state index is -3.16. The van der Waals surface area contributed by atoms with Crippen LogP contribution in [0, 0.1) is 6.92 Å². The zero-order valence-electron chi connectivity index (χ0n) is 16.9. The number of guanidine groups is 1. The van der Waals surface area contributed by atoms with Crippen LogP contribution in [0.25, 0.3) is 0 Å². The minimum Gasteiger partial charge on any atom is -0.489 e. The molecule has 2 rings (SSSR count). The van der Waals surface area contributed by atoms with Gasteiger partial charge in [0.05, 0.1) is 11.4 Å². The predicted molar refractivity (Wildman–Crippen MR) is 114 cm³/mol. The Morgan fingerprint density at radius 1 is 1.11 bits per heavy atom. The average molecular weight is 404 g/mol. The van der Waals surface area contributed by atoms with Gasteiger partial charge in [-0.2, -0.15) is 0 Å². The Bertz CT molecular complexity index is 893. The largest absolute Gasteiger partial charge is 0.489 e. The molecule has 1 atom stereocenters. The summed E-state index contributed by atoms with van der Waals surface area (Å²) in [6, 6.07) is 14.9. The van der Waals surface area contributed by atoms with Gasteiger partial charge in [-0.05, 0) is 49.6 Å². The number of nitrogens with zero attached hydrogens (tertiary/aromatic N) is 1. The molecular formula is C21H29N3O3S. The average Bonchev–Trinajstić information content (AvgIpc) is 2.66. The molecule has 0 aliphatic heterocycles. The highest BCUT2D eigenvalue weighted by molar-refractivity contribution is 7.90. The fourth-order valence-corrected chi connectivity index (χ4v) is 3.27. The van der Waals surface area contributed by atoms with E-state index in [0.29, 0.717) is 23.9 Å². The summed E-state index contributed by atoms with van der Waals surface area (Å²) >= 11 is 0. The number of nitrogens with one attached hydrogen (secondary N) is 2. The summed E-state index contributed by atoms with van der Waals surface area (Å²) < 4.78 is 29.0. The smallest absolute Gasteiger partial charge is 0.191 e. The zero-order valence-corrected chi connectivity index (χ0v) is 17.7. The second-order valence-electron chi connectivity index (χ2n) is 6.74. The van der Waals surface area contributed by atoms with E-state index in [-0.39, 0.29) is 6.10 Å². The molecule has 0 saturated carbocycles. The van der Waals surface area contributed by atoms with E-state index < -0.39 is 9.84 Å². The van der Waals surface area contributed by atoms with E-state index in [1.807, 2.05) is 50.2 Å². The first-order valence-electron chi connectivity index (χ1n) is 9.25. The van der Waals surface area contributed by atoms with Crippen molar-refractivity contribution in [2.75, 3.05) is 26.4 Å². The summed E-state index contributed by atoms with van der Waals surface area (Å²) in [5.74, 6) is 1.59. The van der Waals surface area contributed by atoms with Gasteiger partial charge in [0.15, 0.2) is 15.8 Å². The van der Waals surface area contributed by atoms with Crippen LogP contribution in [-0.4, -0.2) is 46.9 Å². The van der Waals surface area contributed by atoms with E-state index in [1.54, 1.807) is 19.2 Å². The van der Waals surface area contributed by atoms with Crippen molar-refractivity contribution in [3.05, 3.63) is 59.7 Å². The number of hydrogen-bond donors (Lipinski definition) is 2. The Labute approximate surface area is 168 Å². The maximum absolute atomic E-state index is 11.5. The third-order valence-electron chi connectivity index (χ3n) is 4.26. The Balaban J connectivity index is 1.76. The summed E-state index contributed by atoms with van der Waals surface area (Å²) in [5.41, 5.74) is 2.17. The van der Waals surface area contributed by atoms with Gasteiger partial charge in [0, 0.05) is 19.8 Å². The van der Waals surface area contributed by atoms with Gasteiger partial charge in [0.2, 0.25) is 0 Å². The molecular weight excluding hydrogens is 374 g/mol. The summed E-state index contributed by atoms with van der Waals surface area (Å²) in [6.45, 7) is 5.34. The molecule has 2 aromatic rings. The van der Waals surface area contributed by atoms with Gasteiger partial charge in [-0.25, -0.2) is 8.42 Å². The number of aliphatic imine (C=N–C) groups is 1. The Hall–Kier alpha value is -2.54. The van der Waals surface area contributed by atoms with Crippen molar-refractivity contribution in [2.45, 2.75) is 31.3 Å². The van der Waals surface area contributed by atoms with E-state index in [0.717, 1.165) is 23.3 Å². The first-order valence-corrected chi connectivity index (χ1v) is 11.1. The highest BCUT2D eigenvalue weighted by Gasteiger charge is 2.08. The Morgan fingerprint density at radius 3 is 2.39 bits per heavy atom. The van der Waals surface area contributed by atoms with Gasteiger partial charge in [0.25, 0.3) is 0 Å². The minimum absolute atomic E-state index is 0.0109. The second kappa shape index (κ2) is 10.1. The van der Waals surface area contributed by atoms with Crippen molar-refractivity contribution in [3.8, 4) is 5.75 Å². The molecule has 0 aliphatic carbocycles. The lowest BCUT2D eigenvalue weighted by atomic mass is 10.1. The molecule has 0 fully saturated rings. The van der Waals surface area contributed by atoms with Crippen LogP contribution in [0.5, 0.6) is 5.75 Å². The molecule has 6 nitrogen and oxygen atoms in total. The van der Waals surface area contributed by atoms with Gasteiger partial charge in [0.1, 0.15) is 11.9 Å². The molecule has 0 amide bonds. The van der Waals surface area contributed by atoms with E-state index >= 15 is 0 Å². The fourth-order valence-electron chi connectivity index (χ4n) is 2.64. The van der Waals surface area contributed by atoms with Crippen molar-refractivity contribution >= 4 is 15.8 Å². The molecule has 0 saturated heterocycles. The molecule has 7 heteroatoms. The van der Waals surface area contributed by atoms with Crippen LogP contribution in [0.2, 0.25) is 0 Å². The first-order chi connectivity index (χ1) is 13.3. The molecule has 0 radical (unpaired) electrons. The first kappa shape index (κ1) is 21.8. The van der Waals surface area contributed by atoms with Crippen LogP contribution < -0.4 is 15.4 Å². The molecule has 0 aromatic heterocycles. The maximum Gasteiger partial charge on any atom is 0.191 e. The summed E-state index contributed by atoms with van der Waals surface area (Å²) in [4.78, 5) is 4.56. The van der Waals surface area contributed by atoms with Crippen molar-refractivity contribution in [3.63, 3.8) is 0 Å². The molecule has 1 unspecified atom stereocenters. The predicted octanol–water partition coefficient (Wildman–Crippen LogP) is 2.57. The topological polar surface area (TPSA) is 79.8 Å². The van der Waals surface area contributed by atoms with Crippen molar-refractivity contribution in [2.24, 2.45) is 4.99 Å². The monoisotopic (exact) mass is 403 g/mol. The second-order valence-corrected chi connectivity index (χ2v) is 8.76. The number of sulfone groups is 1. The van der Waals surface area contributed by atoms with Gasteiger partial charge in [-0.3, -0.25) is 4.99 Å². The van der Waals surface area contributed by atoms with E-state index in [1.165, 1.54) is 6.26 Å². The standard InChI is InChI=1S/C21H29N3O3S/c1-16-7-5-6-8-20(16)27-17(2)15-24-21(22-3)23-14-13-18-9-11-19(12-10-18)28(4,25)26/h5-12,17H,13-15H2,1-4H3,(H2,22,23,24). The van der Waals surface area contributed by atoms with E-state index in [2.05, 4.69) is 15.6 Å². The van der Waals surface area contributed by atoms with Crippen LogP contribution in [0.4, 0.5) is 0 Å². The zero-order chi connectivity index (χ0) is 20.6. The quantitative estimate of drug-likeness (QED) is 0.523. The molecule has 0 aliphatic rings. The number of hydrogen-bond acceptors (Lipinski definition) is 4. The molecule has 2 N–H and O–H groups in total. The summed E-state index contributed by atoms with van der Waals surface area (Å²) in [5, 5.41) is 6.52. The summed E-state index contributed by atoms with van der Waals surface area (Å²) in [6.07, 6.45) is 1.96. The SMILES string of the molecule is CN=C(NCCc1ccc(S(C)(=O)=O)cc1)NCC(C)Oc1ccccc1C. The summed E-state index contributed by atoms with van der Waals surface area (Å²) in [7, 11) is -1.43. The van der Waals surface area contributed by atoms with Crippen LogP contribution in [-0.2, 0) is 16.3 Å². The third-order valence-corrected chi connectivity index (χ3v) is 5.39. The lowest BCUT2D eigenvalue weighted by molar-refractivity contribution is 0.222. The van der Waals surface area contributed by atoms with Crippen molar-refractivity contribution in [1.82, 2.24) is 10.6 Å². The van der Waals surface area contributed by atoms with E-state index in [9.17, 15) is 8.42 Å². The number of benzene rings is 2. The lowest BCUT2D eigenvalue weighted by Crippen LogP contribution is -2.42. The fraction of sp³-hybridized carbons (Fsp3) is 0.381. The van der Waals surface area contributed by atoms with Crippen LogP contribution in [0.1, 0.15) is 18.1 Å². The van der Waals surface area contributed by atoms with Crippen LogP contribution in [0.3, 0.4) is 0 Å². The molecule has 0 heterocycles. The molecule has 0 spiro atoms. The third kappa shape index (κ3) is 6.88. The van der Waals surface area contributed by atoms with E-state index in [4.69, 9.17) is 4.74 Å². The van der Waals surface area contributed by atoms with Gasteiger partial charge >= 0.3 is 0 Å². The van der Waals surface area contributed by atoms with Gasteiger partial charge < -0.3 is 15.4 Å².